The quantitative estimate of drug-likeness (QED) is 0.677. The van der Waals surface area contributed by atoms with Gasteiger partial charge in [-0.2, -0.15) is 0 Å². The van der Waals surface area contributed by atoms with Crippen LogP contribution >= 0.6 is 0 Å². The highest BCUT2D eigenvalue weighted by molar-refractivity contribution is 7.91. The number of aliphatic hydroxyl groups is 1. The first kappa shape index (κ1) is 17.0. The van der Waals surface area contributed by atoms with Crippen LogP contribution in [0.15, 0.2) is 23.1 Å². The molecule has 0 fully saturated rings. The molecule has 0 aromatic heterocycles. The molecule has 8 heteroatoms. The molecular weight excluding hydrogens is 292 g/mol. The number of halogens is 2. The number of hydrogen-bond acceptors (Lipinski definition) is 5. The molecule has 0 amide bonds. The molecular formula is C12H17F2NO4S. The first-order valence-corrected chi connectivity index (χ1v) is 7.57. The van der Waals surface area contributed by atoms with E-state index < -0.39 is 38.2 Å². The van der Waals surface area contributed by atoms with E-state index in [-0.39, 0.29) is 6.54 Å². The molecule has 0 bridgehead atoms. The van der Waals surface area contributed by atoms with E-state index in [4.69, 9.17) is 4.74 Å². The minimum atomic E-state index is -4.09. The van der Waals surface area contributed by atoms with Crippen LogP contribution in [0, 0.1) is 11.6 Å². The van der Waals surface area contributed by atoms with Gasteiger partial charge in [-0.1, -0.05) is 0 Å². The van der Waals surface area contributed by atoms with E-state index in [2.05, 4.69) is 5.32 Å². The Bertz CT molecular complexity index is 536. The molecule has 0 radical (unpaired) electrons. The van der Waals surface area contributed by atoms with Crippen molar-refractivity contribution in [2.75, 3.05) is 32.6 Å². The zero-order chi connectivity index (χ0) is 15.2. The molecule has 0 aliphatic rings. The van der Waals surface area contributed by atoms with Crippen LogP contribution in [0.2, 0.25) is 0 Å². The lowest BCUT2D eigenvalue weighted by Gasteiger charge is -2.12. The van der Waals surface area contributed by atoms with Crippen molar-refractivity contribution in [1.29, 1.82) is 0 Å². The predicted molar refractivity (Wildman–Crippen MR) is 69.2 cm³/mol. The van der Waals surface area contributed by atoms with Crippen LogP contribution in [0.4, 0.5) is 8.78 Å². The summed E-state index contributed by atoms with van der Waals surface area (Å²) in [5.41, 5.74) is 0. The van der Waals surface area contributed by atoms with Gasteiger partial charge in [0.25, 0.3) is 0 Å². The number of sulfone groups is 1. The van der Waals surface area contributed by atoms with Crippen LogP contribution in [0.1, 0.15) is 0 Å². The van der Waals surface area contributed by atoms with Crippen LogP contribution in [0.25, 0.3) is 0 Å². The lowest BCUT2D eigenvalue weighted by molar-refractivity contribution is 0.174. The van der Waals surface area contributed by atoms with E-state index in [1.54, 1.807) is 0 Å². The van der Waals surface area contributed by atoms with Crippen molar-refractivity contribution in [3.05, 3.63) is 29.8 Å². The monoisotopic (exact) mass is 309 g/mol. The summed E-state index contributed by atoms with van der Waals surface area (Å²) in [6.07, 6.45) is -1.22. The van der Waals surface area contributed by atoms with Gasteiger partial charge >= 0.3 is 0 Å². The molecule has 5 nitrogen and oxygen atoms in total. The molecule has 0 aliphatic heterocycles. The van der Waals surface area contributed by atoms with Gasteiger partial charge in [-0.3, -0.25) is 0 Å². The van der Waals surface area contributed by atoms with Crippen molar-refractivity contribution in [1.82, 2.24) is 5.32 Å². The minimum Gasteiger partial charge on any atom is -0.391 e. The number of aliphatic hydroxyl groups excluding tert-OH is 1. The summed E-state index contributed by atoms with van der Waals surface area (Å²) in [6.45, 7) is 0.874. The molecule has 0 saturated heterocycles. The predicted octanol–water partition coefficient (Wildman–Crippen LogP) is 0.335. The fraction of sp³-hybridized carbons (Fsp3) is 0.500. The standard InChI is InChI=1S/C12H17F2NO4S/c1-19-5-4-15-7-10(16)8-20(17,18)12-6-9(13)2-3-11(12)14/h2-3,6,10,15-16H,4-5,7-8H2,1H3. The topological polar surface area (TPSA) is 75.6 Å². The molecule has 1 unspecified atom stereocenters. The Morgan fingerprint density at radius 2 is 2.10 bits per heavy atom. The number of hydrogen-bond donors (Lipinski definition) is 2. The number of ether oxygens (including phenoxy) is 1. The van der Waals surface area contributed by atoms with E-state index in [1.165, 1.54) is 7.11 Å². The SMILES string of the molecule is COCCNCC(O)CS(=O)(=O)c1cc(F)ccc1F. The molecule has 1 aromatic carbocycles. The van der Waals surface area contributed by atoms with Gasteiger partial charge in [0.1, 0.15) is 16.5 Å². The summed E-state index contributed by atoms with van der Waals surface area (Å²) in [5.74, 6) is -2.57. The van der Waals surface area contributed by atoms with Gasteiger partial charge in [0.15, 0.2) is 9.84 Å². The second-order valence-corrected chi connectivity index (χ2v) is 6.21. The first-order chi connectivity index (χ1) is 9.36. The molecule has 0 spiro atoms. The zero-order valence-electron chi connectivity index (χ0n) is 11.0. The van der Waals surface area contributed by atoms with E-state index in [0.29, 0.717) is 19.2 Å². The van der Waals surface area contributed by atoms with Crippen LogP contribution in [0.3, 0.4) is 0 Å². The van der Waals surface area contributed by atoms with E-state index >= 15 is 0 Å². The molecule has 20 heavy (non-hydrogen) atoms. The Hall–Kier alpha value is -1.09. The number of benzene rings is 1. The van der Waals surface area contributed by atoms with E-state index in [0.717, 1.165) is 12.1 Å². The van der Waals surface area contributed by atoms with Crippen LogP contribution in [0.5, 0.6) is 0 Å². The molecule has 1 atom stereocenters. The Labute approximate surface area is 116 Å². The summed E-state index contributed by atoms with van der Waals surface area (Å²) in [6, 6.07) is 2.18. The maximum absolute atomic E-state index is 13.4. The summed E-state index contributed by atoms with van der Waals surface area (Å²) >= 11 is 0. The Kier molecular flexibility index (Phi) is 6.47. The van der Waals surface area contributed by atoms with E-state index in [9.17, 15) is 22.3 Å². The second kappa shape index (κ2) is 7.63. The third-order valence-electron chi connectivity index (χ3n) is 2.50. The molecule has 1 rings (SSSR count). The Balaban J connectivity index is 2.67. The molecule has 2 N–H and O–H groups in total. The lowest BCUT2D eigenvalue weighted by Crippen LogP contribution is -2.34. The Morgan fingerprint density at radius 1 is 1.40 bits per heavy atom. The molecule has 0 saturated carbocycles. The summed E-state index contributed by atoms with van der Waals surface area (Å²) < 4.78 is 54.9. The second-order valence-electron chi connectivity index (χ2n) is 4.21. The van der Waals surface area contributed by atoms with Crippen molar-refractivity contribution >= 4 is 9.84 Å². The van der Waals surface area contributed by atoms with E-state index in [1.807, 2.05) is 0 Å². The van der Waals surface area contributed by atoms with Gasteiger partial charge in [0.2, 0.25) is 0 Å². The van der Waals surface area contributed by atoms with Crippen molar-refractivity contribution in [3.63, 3.8) is 0 Å². The van der Waals surface area contributed by atoms with Gasteiger partial charge in [-0.15, -0.1) is 0 Å². The van der Waals surface area contributed by atoms with Crippen LogP contribution in [-0.2, 0) is 14.6 Å². The smallest absolute Gasteiger partial charge is 0.183 e. The lowest BCUT2D eigenvalue weighted by atomic mass is 10.3. The van der Waals surface area contributed by atoms with Crippen molar-refractivity contribution in [2.24, 2.45) is 0 Å². The van der Waals surface area contributed by atoms with Crippen molar-refractivity contribution in [2.45, 2.75) is 11.0 Å². The average Bonchev–Trinajstić information content (AvgIpc) is 2.37. The zero-order valence-corrected chi connectivity index (χ0v) is 11.8. The maximum Gasteiger partial charge on any atom is 0.183 e. The number of rotatable bonds is 8. The Morgan fingerprint density at radius 3 is 2.75 bits per heavy atom. The van der Waals surface area contributed by atoms with Gasteiger partial charge in [0, 0.05) is 20.2 Å². The summed E-state index contributed by atoms with van der Waals surface area (Å²) in [7, 11) is -2.58. The van der Waals surface area contributed by atoms with Crippen molar-refractivity contribution < 1.29 is 27.0 Å². The fourth-order valence-electron chi connectivity index (χ4n) is 1.56. The maximum atomic E-state index is 13.4. The first-order valence-electron chi connectivity index (χ1n) is 5.92. The van der Waals surface area contributed by atoms with Gasteiger partial charge in [-0.05, 0) is 18.2 Å². The molecule has 1 aromatic rings. The normalized spacial score (nSPS) is 13.4. The van der Waals surface area contributed by atoms with Gasteiger partial charge in [-0.25, -0.2) is 17.2 Å². The summed E-state index contributed by atoms with van der Waals surface area (Å²) in [4.78, 5) is -0.742. The largest absolute Gasteiger partial charge is 0.391 e. The summed E-state index contributed by atoms with van der Waals surface area (Å²) in [5, 5.41) is 12.4. The average molecular weight is 309 g/mol. The highest BCUT2D eigenvalue weighted by Gasteiger charge is 2.23. The van der Waals surface area contributed by atoms with Crippen LogP contribution in [-0.4, -0.2) is 52.2 Å². The molecule has 114 valence electrons. The number of methoxy groups -OCH3 is 1. The van der Waals surface area contributed by atoms with Crippen molar-refractivity contribution in [3.8, 4) is 0 Å². The van der Waals surface area contributed by atoms with Gasteiger partial charge in [0.05, 0.1) is 18.5 Å². The number of nitrogens with one attached hydrogen (secondary N) is 1. The van der Waals surface area contributed by atoms with Gasteiger partial charge < -0.3 is 15.2 Å². The fourth-order valence-corrected chi connectivity index (χ4v) is 3.02. The highest BCUT2D eigenvalue weighted by Crippen LogP contribution is 2.17. The highest BCUT2D eigenvalue weighted by atomic mass is 32.2. The minimum absolute atomic E-state index is 0.0134. The third-order valence-corrected chi connectivity index (χ3v) is 4.31. The third kappa shape index (κ3) is 5.12. The molecule has 0 aliphatic carbocycles. The van der Waals surface area contributed by atoms with Crippen LogP contribution < -0.4 is 5.32 Å². The molecule has 0 heterocycles.